The zero-order valence-corrected chi connectivity index (χ0v) is 9.25. The molecule has 0 radical (unpaired) electrons. The van der Waals surface area contributed by atoms with Gasteiger partial charge in [0.1, 0.15) is 5.75 Å². The molecule has 1 aromatic carbocycles. The van der Waals surface area contributed by atoms with Gasteiger partial charge in [-0.05, 0) is 23.8 Å². The van der Waals surface area contributed by atoms with Crippen molar-refractivity contribution in [3.05, 3.63) is 23.8 Å². The van der Waals surface area contributed by atoms with Crippen molar-refractivity contribution in [2.45, 2.75) is 10.8 Å². The SMILES string of the molecule is COc1ccc2c(c1)C(CN)CS2(=O)=O. The Morgan fingerprint density at radius 2 is 2.27 bits per heavy atom. The molecule has 5 heteroatoms. The van der Waals surface area contributed by atoms with E-state index in [2.05, 4.69) is 0 Å². The van der Waals surface area contributed by atoms with Crippen LogP contribution in [-0.2, 0) is 9.84 Å². The number of sulfone groups is 1. The maximum absolute atomic E-state index is 11.7. The molecule has 1 aliphatic heterocycles. The van der Waals surface area contributed by atoms with E-state index < -0.39 is 9.84 Å². The van der Waals surface area contributed by atoms with E-state index in [4.69, 9.17) is 10.5 Å². The topological polar surface area (TPSA) is 69.4 Å². The van der Waals surface area contributed by atoms with Crippen molar-refractivity contribution in [1.29, 1.82) is 0 Å². The van der Waals surface area contributed by atoms with Crippen molar-refractivity contribution in [1.82, 2.24) is 0 Å². The number of rotatable bonds is 2. The molecule has 4 nitrogen and oxygen atoms in total. The predicted octanol–water partition coefficient (Wildman–Crippen LogP) is 0.525. The van der Waals surface area contributed by atoms with Gasteiger partial charge in [-0.1, -0.05) is 0 Å². The first-order valence-electron chi connectivity index (χ1n) is 4.69. The lowest BCUT2D eigenvalue weighted by atomic mass is 10.0. The number of fused-ring (bicyclic) bond motifs is 1. The van der Waals surface area contributed by atoms with Gasteiger partial charge in [-0.3, -0.25) is 0 Å². The van der Waals surface area contributed by atoms with Crippen molar-refractivity contribution >= 4 is 9.84 Å². The van der Waals surface area contributed by atoms with Gasteiger partial charge in [0.25, 0.3) is 0 Å². The number of benzene rings is 1. The summed E-state index contributed by atoms with van der Waals surface area (Å²) < 4.78 is 28.5. The second kappa shape index (κ2) is 3.50. The fourth-order valence-electron chi connectivity index (χ4n) is 1.90. The highest BCUT2D eigenvalue weighted by Gasteiger charge is 2.33. The Bertz CT molecular complexity index is 481. The lowest BCUT2D eigenvalue weighted by Gasteiger charge is -2.07. The van der Waals surface area contributed by atoms with Crippen LogP contribution in [0.2, 0.25) is 0 Å². The van der Waals surface area contributed by atoms with E-state index in [1.165, 1.54) is 0 Å². The quantitative estimate of drug-likeness (QED) is 0.800. The Morgan fingerprint density at radius 3 is 2.87 bits per heavy atom. The Hall–Kier alpha value is -1.07. The van der Waals surface area contributed by atoms with Crippen molar-refractivity contribution in [2.24, 2.45) is 5.73 Å². The lowest BCUT2D eigenvalue weighted by Crippen LogP contribution is -2.14. The average Bonchev–Trinajstić information content (AvgIpc) is 2.50. The third kappa shape index (κ3) is 1.61. The van der Waals surface area contributed by atoms with Gasteiger partial charge in [0.15, 0.2) is 9.84 Å². The van der Waals surface area contributed by atoms with Crippen LogP contribution in [0.4, 0.5) is 0 Å². The summed E-state index contributed by atoms with van der Waals surface area (Å²) in [4.78, 5) is 0.402. The summed E-state index contributed by atoms with van der Waals surface area (Å²) >= 11 is 0. The molecule has 0 fully saturated rings. The Kier molecular flexibility index (Phi) is 2.44. The molecule has 1 heterocycles. The first-order valence-corrected chi connectivity index (χ1v) is 6.34. The van der Waals surface area contributed by atoms with E-state index in [-0.39, 0.29) is 11.7 Å². The summed E-state index contributed by atoms with van der Waals surface area (Å²) in [5.41, 5.74) is 6.34. The third-order valence-corrected chi connectivity index (χ3v) is 4.58. The van der Waals surface area contributed by atoms with Gasteiger partial charge >= 0.3 is 0 Å². The fourth-order valence-corrected chi connectivity index (χ4v) is 3.78. The Balaban J connectivity index is 2.59. The zero-order chi connectivity index (χ0) is 11.1. The minimum absolute atomic E-state index is 0.0971. The summed E-state index contributed by atoms with van der Waals surface area (Å²) in [5, 5.41) is 0. The summed E-state index contributed by atoms with van der Waals surface area (Å²) in [5.74, 6) is 0.691. The van der Waals surface area contributed by atoms with Gasteiger partial charge in [-0.25, -0.2) is 8.42 Å². The number of ether oxygens (including phenoxy) is 1. The van der Waals surface area contributed by atoms with Gasteiger partial charge in [0.2, 0.25) is 0 Å². The van der Waals surface area contributed by atoms with E-state index >= 15 is 0 Å². The average molecular weight is 227 g/mol. The Labute approximate surface area is 89.0 Å². The minimum Gasteiger partial charge on any atom is -0.497 e. The molecular weight excluding hydrogens is 214 g/mol. The van der Waals surface area contributed by atoms with Crippen molar-refractivity contribution in [2.75, 3.05) is 19.4 Å². The van der Waals surface area contributed by atoms with Gasteiger partial charge in [0, 0.05) is 12.5 Å². The highest BCUT2D eigenvalue weighted by atomic mass is 32.2. The molecule has 0 aliphatic carbocycles. The normalized spacial score (nSPS) is 22.4. The molecule has 82 valence electrons. The molecular formula is C10H13NO3S. The van der Waals surface area contributed by atoms with Crippen molar-refractivity contribution in [3.8, 4) is 5.75 Å². The maximum atomic E-state index is 11.7. The molecule has 0 bridgehead atoms. The third-order valence-electron chi connectivity index (χ3n) is 2.70. The molecule has 0 amide bonds. The van der Waals surface area contributed by atoms with Crippen molar-refractivity contribution < 1.29 is 13.2 Å². The molecule has 1 aromatic rings. The second-order valence-electron chi connectivity index (χ2n) is 3.62. The minimum atomic E-state index is -3.13. The van der Waals surface area contributed by atoms with E-state index in [1.807, 2.05) is 0 Å². The molecule has 0 spiro atoms. The molecule has 2 N–H and O–H groups in total. The Morgan fingerprint density at radius 1 is 1.53 bits per heavy atom. The summed E-state index contributed by atoms with van der Waals surface area (Å²) in [6.45, 7) is 0.347. The van der Waals surface area contributed by atoms with Crippen LogP contribution in [0.3, 0.4) is 0 Å². The molecule has 1 unspecified atom stereocenters. The van der Waals surface area contributed by atoms with Crippen LogP contribution in [0.25, 0.3) is 0 Å². The van der Waals surface area contributed by atoms with Gasteiger partial charge in [-0.15, -0.1) is 0 Å². The second-order valence-corrected chi connectivity index (χ2v) is 5.62. The smallest absolute Gasteiger partial charge is 0.179 e. The molecule has 0 aromatic heterocycles. The highest BCUT2D eigenvalue weighted by molar-refractivity contribution is 7.91. The van der Waals surface area contributed by atoms with Gasteiger partial charge in [-0.2, -0.15) is 0 Å². The summed E-state index contributed by atoms with van der Waals surface area (Å²) in [6, 6.07) is 5.02. The molecule has 1 aliphatic rings. The molecule has 15 heavy (non-hydrogen) atoms. The molecule has 2 rings (SSSR count). The van der Waals surface area contributed by atoms with Crippen LogP contribution in [0.1, 0.15) is 11.5 Å². The van der Waals surface area contributed by atoms with E-state index in [0.717, 1.165) is 5.56 Å². The van der Waals surface area contributed by atoms with Crippen molar-refractivity contribution in [3.63, 3.8) is 0 Å². The first-order chi connectivity index (χ1) is 7.08. The van der Waals surface area contributed by atoms with Gasteiger partial charge in [0.05, 0.1) is 17.8 Å². The zero-order valence-electron chi connectivity index (χ0n) is 8.43. The number of nitrogens with two attached hydrogens (primary N) is 1. The van der Waals surface area contributed by atoms with E-state index in [9.17, 15) is 8.42 Å². The van der Waals surface area contributed by atoms with Crippen LogP contribution in [0, 0.1) is 0 Å². The van der Waals surface area contributed by atoms with Crippen LogP contribution >= 0.6 is 0 Å². The predicted molar refractivity (Wildman–Crippen MR) is 56.8 cm³/mol. The monoisotopic (exact) mass is 227 g/mol. The number of hydrogen-bond donors (Lipinski definition) is 1. The standard InChI is InChI=1S/C10H13NO3S/c1-14-8-2-3-10-9(4-8)7(5-11)6-15(10,12)13/h2-4,7H,5-6,11H2,1H3. The largest absolute Gasteiger partial charge is 0.497 e. The van der Waals surface area contributed by atoms with Crippen LogP contribution in [0.5, 0.6) is 5.75 Å². The first kappa shape index (κ1) is 10.4. The number of methoxy groups -OCH3 is 1. The van der Waals surface area contributed by atoms with Crippen LogP contribution < -0.4 is 10.5 Å². The summed E-state index contributed by atoms with van der Waals surface area (Å²) in [7, 11) is -1.57. The van der Waals surface area contributed by atoms with Gasteiger partial charge < -0.3 is 10.5 Å². The fraction of sp³-hybridized carbons (Fsp3) is 0.400. The van der Waals surface area contributed by atoms with Crippen LogP contribution in [-0.4, -0.2) is 27.8 Å². The maximum Gasteiger partial charge on any atom is 0.179 e. The molecule has 1 atom stereocenters. The van der Waals surface area contributed by atoms with Crippen LogP contribution in [0.15, 0.2) is 23.1 Å². The molecule has 0 saturated heterocycles. The molecule has 0 saturated carbocycles. The van der Waals surface area contributed by atoms with E-state index in [1.54, 1.807) is 25.3 Å². The summed E-state index contributed by atoms with van der Waals surface area (Å²) in [6.07, 6.45) is 0. The van der Waals surface area contributed by atoms with E-state index in [0.29, 0.717) is 17.2 Å². The highest BCUT2D eigenvalue weighted by Crippen LogP contribution is 2.36. The number of hydrogen-bond acceptors (Lipinski definition) is 4. The lowest BCUT2D eigenvalue weighted by molar-refractivity contribution is 0.413.